The molecular formula is C20H21F3N4. The van der Waals surface area contributed by atoms with Crippen LogP contribution in [-0.4, -0.2) is 24.0 Å². The SMILES string of the molecule is Cc1ccc2c(Nc3ccc(CN(C)C)c(C(F)(F)F)c3)nccc2c1N. The number of nitrogen functional groups attached to an aromatic ring is 1. The van der Waals surface area contributed by atoms with Crippen LogP contribution < -0.4 is 11.1 Å². The molecule has 0 amide bonds. The number of nitrogens with two attached hydrogens (primary N) is 1. The first-order valence-corrected chi connectivity index (χ1v) is 8.42. The molecule has 1 aromatic heterocycles. The average Bonchev–Trinajstić information content (AvgIpc) is 2.58. The summed E-state index contributed by atoms with van der Waals surface area (Å²) in [5, 5.41) is 4.58. The molecule has 0 bridgehead atoms. The molecule has 1 heterocycles. The zero-order valence-corrected chi connectivity index (χ0v) is 15.4. The lowest BCUT2D eigenvalue weighted by Crippen LogP contribution is -2.16. The molecule has 3 aromatic rings. The Labute approximate surface area is 155 Å². The molecule has 0 aliphatic heterocycles. The summed E-state index contributed by atoms with van der Waals surface area (Å²) in [4.78, 5) is 5.98. The molecule has 0 saturated carbocycles. The van der Waals surface area contributed by atoms with Gasteiger partial charge in [-0.2, -0.15) is 13.2 Å². The van der Waals surface area contributed by atoms with Crippen molar-refractivity contribution >= 4 is 28.0 Å². The minimum absolute atomic E-state index is 0.206. The molecule has 4 nitrogen and oxygen atoms in total. The van der Waals surface area contributed by atoms with Gasteiger partial charge in [0.05, 0.1) is 5.56 Å². The molecule has 0 saturated heterocycles. The molecule has 7 heteroatoms. The number of halogens is 3. The zero-order chi connectivity index (χ0) is 19.8. The van der Waals surface area contributed by atoms with Gasteiger partial charge in [0.25, 0.3) is 0 Å². The van der Waals surface area contributed by atoms with Gasteiger partial charge in [0.15, 0.2) is 0 Å². The third kappa shape index (κ3) is 3.98. The van der Waals surface area contributed by atoms with Crippen molar-refractivity contribution in [3.8, 4) is 0 Å². The average molecular weight is 374 g/mol. The Morgan fingerprint density at radius 3 is 2.48 bits per heavy atom. The molecule has 0 aliphatic rings. The Hall–Kier alpha value is -2.80. The number of fused-ring (bicyclic) bond motifs is 1. The summed E-state index contributed by atoms with van der Waals surface area (Å²) >= 11 is 0. The summed E-state index contributed by atoms with van der Waals surface area (Å²) in [7, 11) is 3.47. The lowest BCUT2D eigenvalue weighted by molar-refractivity contribution is -0.138. The molecular weight excluding hydrogens is 353 g/mol. The summed E-state index contributed by atoms with van der Waals surface area (Å²) < 4.78 is 40.5. The zero-order valence-electron chi connectivity index (χ0n) is 15.4. The van der Waals surface area contributed by atoms with Crippen molar-refractivity contribution in [2.24, 2.45) is 0 Å². The standard InChI is InChI=1S/C20H21F3N4/c1-12-4-7-16-15(18(12)24)8-9-25-19(16)26-14-6-5-13(11-27(2)3)17(10-14)20(21,22)23/h4-10H,11,24H2,1-3H3,(H,25,26). The summed E-state index contributed by atoms with van der Waals surface area (Å²) in [6.07, 6.45) is -2.84. The van der Waals surface area contributed by atoms with Crippen LogP contribution in [0, 0.1) is 6.92 Å². The summed E-state index contributed by atoms with van der Waals surface area (Å²) in [5.41, 5.74) is 7.58. The number of hydrogen-bond acceptors (Lipinski definition) is 4. The van der Waals surface area contributed by atoms with Gasteiger partial charge in [-0.3, -0.25) is 0 Å². The van der Waals surface area contributed by atoms with Crippen molar-refractivity contribution in [3.63, 3.8) is 0 Å². The molecule has 3 rings (SSSR count). The molecule has 27 heavy (non-hydrogen) atoms. The van der Waals surface area contributed by atoms with Crippen molar-refractivity contribution in [2.45, 2.75) is 19.6 Å². The summed E-state index contributed by atoms with van der Waals surface area (Å²) in [5.74, 6) is 0.465. The quantitative estimate of drug-likeness (QED) is 0.635. The van der Waals surface area contributed by atoms with Crippen LogP contribution in [0.3, 0.4) is 0 Å². The normalized spacial score (nSPS) is 12.0. The van der Waals surface area contributed by atoms with E-state index < -0.39 is 11.7 Å². The topological polar surface area (TPSA) is 54.2 Å². The number of alkyl halides is 3. The second-order valence-electron chi connectivity index (χ2n) is 6.78. The lowest BCUT2D eigenvalue weighted by atomic mass is 10.0. The van der Waals surface area contributed by atoms with E-state index in [-0.39, 0.29) is 12.1 Å². The van der Waals surface area contributed by atoms with E-state index in [9.17, 15) is 13.2 Å². The summed E-state index contributed by atoms with van der Waals surface area (Å²) in [6.45, 7) is 2.11. The molecule has 3 N–H and O–H groups in total. The van der Waals surface area contributed by atoms with Gasteiger partial charge in [-0.25, -0.2) is 4.98 Å². The summed E-state index contributed by atoms with van der Waals surface area (Å²) in [6, 6.07) is 9.77. The smallest absolute Gasteiger partial charge is 0.398 e. The van der Waals surface area contributed by atoms with E-state index in [0.29, 0.717) is 17.2 Å². The van der Waals surface area contributed by atoms with Crippen molar-refractivity contribution in [1.29, 1.82) is 0 Å². The Kier molecular flexibility index (Phi) is 4.97. The van der Waals surface area contributed by atoms with E-state index in [1.807, 2.05) is 19.1 Å². The fraction of sp³-hybridized carbons (Fsp3) is 0.250. The van der Waals surface area contributed by atoms with Gasteiger partial charge in [-0.15, -0.1) is 0 Å². The Balaban J connectivity index is 2.04. The first-order chi connectivity index (χ1) is 12.7. The molecule has 0 unspecified atom stereocenters. The number of rotatable bonds is 4. The number of nitrogens with zero attached hydrogens (tertiary/aromatic N) is 2. The first-order valence-electron chi connectivity index (χ1n) is 8.42. The monoisotopic (exact) mass is 374 g/mol. The van der Waals surface area contributed by atoms with Gasteiger partial charge < -0.3 is 16.0 Å². The Morgan fingerprint density at radius 2 is 1.81 bits per heavy atom. The van der Waals surface area contributed by atoms with E-state index in [1.165, 1.54) is 6.07 Å². The number of anilines is 3. The largest absolute Gasteiger partial charge is 0.416 e. The Morgan fingerprint density at radius 1 is 1.07 bits per heavy atom. The minimum atomic E-state index is -4.43. The Bertz CT molecular complexity index is 981. The molecule has 0 radical (unpaired) electrons. The van der Waals surface area contributed by atoms with Gasteiger partial charge in [-0.1, -0.05) is 18.2 Å². The number of benzene rings is 2. The van der Waals surface area contributed by atoms with Crippen LogP contribution >= 0.6 is 0 Å². The highest BCUT2D eigenvalue weighted by Gasteiger charge is 2.33. The van der Waals surface area contributed by atoms with E-state index in [4.69, 9.17) is 5.73 Å². The van der Waals surface area contributed by atoms with Gasteiger partial charge in [-0.05, 0) is 50.3 Å². The highest BCUT2D eigenvalue weighted by Crippen LogP contribution is 2.36. The molecule has 0 fully saturated rings. The second kappa shape index (κ2) is 7.08. The molecule has 0 spiro atoms. The first kappa shape index (κ1) is 19.0. The number of nitrogens with one attached hydrogen (secondary N) is 1. The van der Waals surface area contributed by atoms with Gasteiger partial charge in [0, 0.05) is 34.9 Å². The second-order valence-corrected chi connectivity index (χ2v) is 6.78. The van der Waals surface area contributed by atoms with Crippen molar-refractivity contribution < 1.29 is 13.2 Å². The molecule has 0 atom stereocenters. The third-order valence-corrected chi connectivity index (χ3v) is 4.37. The maximum Gasteiger partial charge on any atom is 0.416 e. The predicted octanol–water partition coefficient (Wildman–Crippen LogP) is 4.95. The van der Waals surface area contributed by atoms with Crippen LogP contribution in [0.2, 0.25) is 0 Å². The van der Waals surface area contributed by atoms with Crippen molar-refractivity contribution in [2.75, 3.05) is 25.1 Å². The van der Waals surface area contributed by atoms with Crippen LogP contribution in [0.5, 0.6) is 0 Å². The van der Waals surface area contributed by atoms with Crippen molar-refractivity contribution in [1.82, 2.24) is 9.88 Å². The van der Waals surface area contributed by atoms with Gasteiger partial charge in [0.2, 0.25) is 0 Å². The van der Waals surface area contributed by atoms with Gasteiger partial charge >= 0.3 is 6.18 Å². The van der Waals surface area contributed by atoms with Crippen LogP contribution in [0.25, 0.3) is 10.8 Å². The third-order valence-electron chi connectivity index (χ3n) is 4.37. The van der Waals surface area contributed by atoms with E-state index in [1.54, 1.807) is 37.3 Å². The van der Waals surface area contributed by atoms with E-state index in [2.05, 4.69) is 10.3 Å². The predicted molar refractivity (Wildman–Crippen MR) is 103 cm³/mol. The molecule has 142 valence electrons. The number of aryl methyl sites for hydroxylation is 1. The molecule has 0 aliphatic carbocycles. The van der Waals surface area contributed by atoms with Crippen LogP contribution in [-0.2, 0) is 12.7 Å². The van der Waals surface area contributed by atoms with Gasteiger partial charge in [0.1, 0.15) is 5.82 Å². The fourth-order valence-electron chi connectivity index (χ4n) is 3.02. The maximum atomic E-state index is 13.5. The highest BCUT2D eigenvalue weighted by molar-refractivity contribution is 6.01. The van der Waals surface area contributed by atoms with Crippen LogP contribution in [0.1, 0.15) is 16.7 Å². The minimum Gasteiger partial charge on any atom is -0.398 e. The van der Waals surface area contributed by atoms with E-state index >= 15 is 0 Å². The highest BCUT2D eigenvalue weighted by atomic mass is 19.4. The van der Waals surface area contributed by atoms with Crippen LogP contribution in [0.4, 0.5) is 30.4 Å². The fourth-order valence-corrected chi connectivity index (χ4v) is 3.02. The van der Waals surface area contributed by atoms with E-state index in [0.717, 1.165) is 22.4 Å². The molecule has 2 aromatic carbocycles. The number of hydrogen-bond donors (Lipinski definition) is 2. The van der Waals surface area contributed by atoms with Crippen LogP contribution in [0.15, 0.2) is 42.6 Å². The number of aromatic nitrogens is 1. The maximum absolute atomic E-state index is 13.5. The van der Waals surface area contributed by atoms with Crippen molar-refractivity contribution in [3.05, 3.63) is 59.3 Å². The number of pyridine rings is 1. The lowest BCUT2D eigenvalue weighted by Gasteiger charge is -2.18.